The molecule has 0 fully saturated rings. The number of aromatic amines is 1. The predicted octanol–water partition coefficient (Wildman–Crippen LogP) is 1.80. The van der Waals surface area contributed by atoms with Crippen LogP contribution in [0, 0.1) is 12.3 Å². The molecule has 0 aliphatic carbocycles. The van der Waals surface area contributed by atoms with E-state index in [2.05, 4.69) is 4.98 Å². The van der Waals surface area contributed by atoms with E-state index in [1.165, 1.54) is 0 Å². The van der Waals surface area contributed by atoms with Crippen molar-refractivity contribution in [3.8, 4) is 0 Å². The molecule has 1 atom stereocenters. The number of likely N-dealkylation sites (N-methyl/N-ethyl adjacent to an activating group) is 1. The van der Waals surface area contributed by atoms with Crippen LogP contribution in [-0.2, 0) is 0 Å². The van der Waals surface area contributed by atoms with E-state index in [1.807, 2.05) is 27.7 Å². The van der Waals surface area contributed by atoms with E-state index in [-0.39, 0.29) is 24.0 Å². The lowest BCUT2D eigenvalue weighted by atomic mass is 9.86. The van der Waals surface area contributed by atoms with Gasteiger partial charge in [0.2, 0.25) is 0 Å². The molecule has 0 aliphatic rings. The number of aromatic nitrogens is 1. The summed E-state index contributed by atoms with van der Waals surface area (Å²) < 4.78 is 0. The first-order chi connectivity index (χ1) is 7.79. The fourth-order valence-corrected chi connectivity index (χ4v) is 1.99. The Hall–Kier alpha value is -1.29. The Bertz CT molecular complexity index is 390. The largest absolute Gasteiger partial charge is 0.394 e. The molecule has 0 spiro atoms. The van der Waals surface area contributed by atoms with Crippen LogP contribution in [0.5, 0.6) is 0 Å². The highest BCUT2D eigenvalue weighted by molar-refractivity contribution is 5.95. The van der Waals surface area contributed by atoms with Gasteiger partial charge in [0.1, 0.15) is 0 Å². The molecule has 0 saturated carbocycles. The third-order valence-electron chi connectivity index (χ3n) is 3.14. The molecule has 0 radical (unpaired) electrons. The summed E-state index contributed by atoms with van der Waals surface area (Å²) in [7, 11) is 1.74. The summed E-state index contributed by atoms with van der Waals surface area (Å²) >= 11 is 0. The van der Waals surface area contributed by atoms with Crippen LogP contribution in [-0.4, -0.2) is 40.6 Å². The number of amides is 1. The van der Waals surface area contributed by atoms with Crippen molar-refractivity contribution in [2.24, 2.45) is 5.41 Å². The molecule has 1 rings (SSSR count). The smallest absolute Gasteiger partial charge is 0.255 e. The number of hydrogen-bond acceptors (Lipinski definition) is 2. The summed E-state index contributed by atoms with van der Waals surface area (Å²) in [5.74, 6) is -0.0577. The van der Waals surface area contributed by atoms with Crippen LogP contribution in [0.3, 0.4) is 0 Å². The fourth-order valence-electron chi connectivity index (χ4n) is 1.99. The lowest BCUT2D eigenvalue weighted by Crippen LogP contribution is -2.47. The summed E-state index contributed by atoms with van der Waals surface area (Å²) in [6.07, 6.45) is 1.75. The SMILES string of the molecule is Cc1[nH]ccc1C(=O)N(C)[C@@H](CO)C(C)(C)C. The quantitative estimate of drug-likeness (QED) is 0.843. The van der Waals surface area contributed by atoms with Crippen LogP contribution in [0.4, 0.5) is 0 Å². The number of H-pyrrole nitrogens is 1. The molecule has 4 nitrogen and oxygen atoms in total. The molecule has 96 valence electrons. The van der Waals surface area contributed by atoms with Crippen LogP contribution in [0.2, 0.25) is 0 Å². The first-order valence-electron chi connectivity index (χ1n) is 5.81. The number of aryl methyl sites for hydroxylation is 1. The molecule has 4 heteroatoms. The molecule has 1 aromatic heterocycles. The molecular weight excluding hydrogens is 216 g/mol. The second-order valence-electron chi connectivity index (χ2n) is 5.50. The molecule has 17 heavy (non-hydrogen) atoms. The third kappa shape index (κ3) is 2.88. The van der Waals surface area contributed by atoms with Crippen molar-refractivity contribution in [1.29, 1.82) is 0 Å². The molecule has 0 unspecified atom stereocenters. The number of hydrogen-bond donors (Lipinski definition) is 2. The minimum absolute atomic E-state index is 0.0325. The monoisotopic (exact) mass is 238 g/mol. The van der Waals surface area contributed by atoms with Crippen molar-refractivity contribution in [3.05, 3.63) is 23.5 Å². The average Bonchev–Trinajstić information content (AvgIpc) is 2.62. The highest BCUT2D eigenvalue weighted by Gasteiger charge is 2.31. The molecule has 0 aromatic carbocycles. The van der Waals surface area contributed by atoms with E-state index in [4.69, 9.17) is 0 Å². The number of nitrogens with zero attached hydrogens (tertiary/aromatic N) is 1. The number of aliphatic hydroxyl groups is 1. The van der Waals surface area contributed by atoms with Crippen LogP contribution in [0.1, 0.15) is 36.8 Å². The summed E-state index contributed by atoms with van der Waals surface area (Å²) in [5, 5.41) is 9.45. The van der Waals surface area contributed by atoms with Gasteiger partial charge < -0.3 is 15.0 Å². The van der Waals surface area contributed by atoms with Crippen molar-refractivity contribution in [1.82, 2.24) is 9.88 Å². The van der Waals surface area contributed by atoms with Gasteiger partial charge in [0.15, 0.2) is 0 Å². The Morgan fingerprint density at radius 1 is 1.53 bits per heavy atom. The van der Waals surface area contributed by atoms with Gasteiger partial charge in [-0.25, -0.2) is 0 Å². The summed E-state index contributed by atoms with van der Waals surface area (Å²) in [4.78, 5) is 16.9. The second kappa shape index (κ2) is 4.92. The Morgan fingerprint density at radius 2 is 2.12 bits per heavy atom. The van der Waals surface area contributed by atoms with Crippen molar-refractivity contribution in [2.75, 3.05) is 13.7 Å². The number of nitrogens with one attached hydrogen (secondary N) is 1. The van der Waals surface area contributed by atoms with Crippen molar-refractivity contribution in [3.63, 3.8) is 0 Å². The van der Waals surface area contributed by atoms with Gasteiger partial charge in [-0.2, -0.15) is 0 Å². The Morgan fingerprint density at radius 3 is 2.47 bits per heavy atom. The van der Waals surface area contributed by atoms with Gasteiger partial charge in [-0.1, -0.05) is 20.8 Å². The predicted molar refractivity (Wildman–Crippen MR) is 68.0 cm³/mol. The van der Waals surface area contributed by atoms with Crippen LogP contribution in [0.15, 0.2) is 12.3 Å². The Balaban J connectivity index is 2.93. The van der Waals surface area contributed by atoms with Gasteiger partial charge in [0, 0.05) is 18.9 Å². The van der Waals surface area contributed by atoms with Gasteiger partial charge in [0.25, 0.3) is 5.91 Å². The van der Waals surface area contributed by atoms with Crippen LogP contribution in [0.25, 0.3) is 0 Å². The molecule has 0 bridgehead atoms. The fraction of sp³-hybridized carbons (Fsp3) is 0.615. The molecule has 2 N–H and O–H groups in total. The lowest BCUT2D eigenvalue weighted by molar-refractivity contribution is 0.0433. The maximum absolute atomic E-state index is 12.3. The van der Waals surface area contributed by atoms with Gasteiger partial charge in [-0.3, -0.25) is 4.79 Å². The molecule has 1 heterocycles. The van der Waals surface area contributed by atoms with Gasteiger partial charge >= 0.3 is 0 Å². The highest BCUT2D eigenvalue weighted by atomic mass is 16.3. The number of rotatable bonds is 3. The summed E-state index contributed by atoms with van der Waals surface area (Å²) in [6, 6.07) is 1.58. The summed E-state index contributed by atoms with van der Waals surface area (Å²) in [5.41, 5.74) is 1.37. The topological polar surface area (TPSA) is 56.3 Å². The zero-order valence-electron chi connectivity index (χ0n) is 11.2. The van der Waals surface area contributed by atoms with Crippen molar-refractivity contribution >= 4 is 5.91 Å². The van der Waals surface area contributed by atoms with Gasteiger partial charge in [0.05, 0.1) is 18.2 Å². The molecule has 1 aromatic rings. The number of carbonyl (C=O) groups is 1. The minimum atomic E-state index is -0.190. The van der Waals surface area contributed by atoms with E-state index in [0.29, 0.717) is 5.56 Å². The van der Waals surface area contributed by atoms with E-state index < -0.39 is 0 Å². The molecule has 0 aliphatic heterocycles. The van der Waals surface area contributed by atoms with Crippen LogP contribution >= 0.6 is 0 Å². The van der Waals surface area contributed by atoms with Crippen molar-refractivity contribution in [2.45, 2.75) is 33.7 Å². The van der Waals surface area contributed by atoms with E-state index in [0.717, 1.165) is 5.69 Å². The van der Waals surface area contributed by atoms with Crippen LogP contribution < -0.4 is 0 Å². The average molecular weight is 238 g/mol. The standard InChI is InChI=1S/C13H22N2O2/c1-9-10(6-7-14-9)12(17)15(5)11(8-16)13(2,3)4/h6-7,11,14,16H,8H2,1-5H3/t11-/m0/s1. The zero-order chi connectivity index (χ0) is 13.2. The second-order valence-corrected chi connectivity index (χ2v) is 5.50. The van der Waals surface area contributed by atoms with E-state index in [9.17, 15) is 9.90 Å². The third-order valence-corrected chi connectivity index (χ3v) is 3.14. The van der Waals surface area contributed by atoms with E-state index in [1.54, 1.807) is 24.2 Å². The lowest BCUT2D eigenvalue weighted by Gasteiger charge is -2.36. The Kier molecular flexibility index (Phi) is 3.98. The number of carbonyl (C=O) groups excluding carboxylic acids is 1. The van der Waals surface area contributed by atoms with E-state index >= 15 is 0 Å². The highest BCUT2D eigenvalue weighted by Crippen LogP contribution is 2.24. The maximum Gasteiger partial charge on any atom is 0.255 e. The zero-order valence-corrected chi connectivity index (χ0v) is 11.2. The molecule has 1 amide bonds. The molecule has 0 saturated heterocycles. The van der Waals surface area contributed by atoms with Crippen molar-refractivity contribution < 1.29 is 9.90 Å². The maximum atomic E-state index is 12.3. The Labute approximate surface area is 103 Å². The first kappa shape index (κ1) is 13.8. The summed E-state index contributed by atoms with van der Waals surface area (Å²) in [6.45, 7) is 7.88. The minimum Gasteiger partial charge on any atom is -0.394 e. The first-order valence-corrected chi connectivity index (χ1v) is 5.81. The van der Waals surface area contributed by atoms with Gasteiger partial charge in [-0.15, -0.1) is 0 Å². The van der Waals surface area contributed by atoms with Gasteiger partial charge in [-0.05, 0) is 18.4 Å². The number of aliphatic hydroxyl groups excluding tert-OH is 1. The normalized spacial score (nSPS) is 13.5. The molecular formula is C13H22N2O2.